The summed E-state index contributed by atoms with van der Waals surface area (Å²) in [5.41, 5.74) is 0.113. The Labute approximate surface area is 182 Å². The number of anilines is 1. The molecule has 0 saturated carbocycles. The lowest BCUT2D eigenvalue weighted by Gasteiger charge is -2.37. The summed E-state index contributed by atoms with van der Waals surface area (Å²) in [6.07, 6.45) is 1.47. The van der Waals surface area contributed by atoms with Gasteiger partial charge in [0.2, 0.25) is 0 Å². The number of likely N-dealkylation sites (N-methyl/N-ethyl adjacent to an activating group) is 1. The zero-order valence-corrected chi connectivity index (χ0v) is 18.1. The first-order valence-corrected chi connectivity index (χ1v) is 10.9. The molecule has 0 bridgehead atoms. The molecular weight excluding hydrogens is 431 g/mol. The van der Waals surface area contributed by atoms with Crippen LogP contribution in [0.5, 0.6) is 0 Å². The van der Waals surface area contributed by atoms with Crippen LogP contribution in [-0.2, 0) is 22.4 Å². The highest BCUT2D eigenvalue weighted by atomic mass is 35.5. The van der Waals surface area contributed by atoms with Crippen LogP contribution < -0.4 is 4.90 Å². The third-order valence-electron chi connectivity index (χ3n) is 5.85. The molecule has 30 heavy (non-hydrogen) atoms. The number of carboxylic acids is 1. The van der Waals surface area contributed by atoms with E-state index in [9.17, 15) is 14.7 Å². The Morgan fingerprint density at radius 2 is 1.97 bits per heavy atom. The smallest absolute Gasteiger partial charge is 0.332 e. The van der Waals surface area contributed by atoms with Crippen molar-refractivity contribution in [3.8, 4) is 0 Å². The van der Waals surface area contributed by atoms with Crippen molar-refractivity contribution in [3.63, 3.8) is 0 Å². The number of ether oxygens (including phenoxy) is 1. The number of benzene rings is 1. The Balaban J connectivity index is 1.86. The van der Waals surface area contributed by atoms with Crippen molar-refractivity contribution in [3.05, 3.63) is 50.4 Å². The minimum absolute atomic E-state index is 0.0271. The number of halogens is 2. The van der Waals surface area contributed by atoms with Crippen LogP contribution in [0.3, 0.4) is 0 Å². The number of carboxylic acid groups (broad SMARTS) is 1. The fraction of sp³-hybridized carbons (Fsp3) is 0.429. The quantitative estimate of drug-likeness (QED) is 0.769. The van der Waals surface area contributed by atoms with Gasteiger partial charge in [0, 0.05) is 26.1 Å². The van der Waals surface area contributed by atoms with Gasteiger partial charge in [0.15, 0.2) is 5.54 Å². The summed E-state index contributed by atoms with van der Waals surface area (Å²) in [6, 6.07) is 6.18. The fourth-order valence-corrected chi connectivity index (χ4v) is 5.06. The van der Waals surface area contributed by atoms with E-state index in [0.717, 1.165) is 40.5 Å². The van der Waals surface area contributed by atoms with Crippen molar-refractivity contribution in [2.45, 2.75) is 24.8 Å². The lowest BCUT2D eigenvalue weighted by atomic mass is 9.93. The van der Waals surface area contributed by atoms with Gasteiger partial charge < -0.3 is 14.7 Å². The minimum Gasteiger partial charge on any atom is -0.479 e. The van der Waals surface area contributed by atoms with Crippen molar-refractivity contribution in [1.82, 2.24) is 4.90 Å². The van der Waals surface area contributed by atoms with Crippen LogP contribution in [0.15, 0.2) is 24.3 Å². The first kappa shape index (κ1) is 21.2. The van der Waals surface area contributed by atoms with Gasteiger partial charge in [-0.2, -0.15) is 0 Å². The van der Waals surface area contributed by atoms with E-state index in [0.29, 0.717) is 17.2 Å². The summed E-state index contributed by atoms with van der Waals surface area (Å²) in [6.45, 7) is 1.60. The van der Waals surface area contributed by atoms with Gasteiger partial charge in [-0.3, -0.25) is 9.69 Å². The molecule has 0 spiro atoms. The second-order valence-electron chi connectivity index (χ2n) is 7.76. The number of carbonyl (C=O) groups excluding carboxylic acids is 1. The molecule has 9 heteroatoms. The molecule has 0 unspecified atom stereocenters. The Kier molecular flexibility index (Phi) is 5.85. The van der Waals surface area contributed by atoms with Gasteiger partial charge >= 0.3 is 5.97 Å². The largest absolute Gasteiger partial charge is 0.479 e. The van der Waals surface area contributed by atoms with E-state index in [1.54, 1.807) is 12.1 Å². The Bertz CT molecular complexity index is 989. The number of thiophene rings is 1. The van der Waals surface area contributed by atoms with Crippen molar-refractivity contribution >= 4 is 40.5 Å². The first-order valence-electron chi connectivity index (χ1n) is 9.73. The summed E-state index contributed by atoms with van der Waals surface area (Å²) in [7, 11) is 2.01. The van der Waals surface area contributed by atoms with Crippen LogP contribution in [0.25, 0.3) is 0 Å². The molecule has 1 aromatic heterocycles. The Morgan fingerprint density at radius 3 is 2.53 bits per heavy atom. The third-order valence-corrected chi connectivity index (χ3v) is 7.07. The number of aliphatic carboxylic acids is 1. The highest BCUT2D eigenvalue weighted by Gasteiger charge is 2.52. The molecule has 2 aliphatic rings. The number of nitrogens with zero attached hydrogens (tertiary/aromatic N) is 2. The molecule has 1 N–H and O–H groups in total. The summed E-state index contributed by atoms with van der Waals surface area (Å²) in [5, 5.41) is 10.1. The number of fused-ring (bicyclic) bond motifs is 1. The molecule has 0 radical (unpaired) electrons. The molecule has 1 atom stereocenters. The van der Waals surface area contributed by atoms with Gasteiger partial charge in [-0.25, -0.2) is 9.18 Å². The second-order valence-corrected chi connectivity index (χ2v) is 9.47. The van der Waals surface area contributed by atoms with Gasteiger partial charge in [0.1, 0.15) is 5.82 Å². The minimum atomic E-state index is -1.68. The van der Waals surface area contributed by atoms with Crippen molar-refractivity contribution < 1.29 is 23.8 Å². The topological polar surface area (TPSA) is 70.1 Å². The highest BCUT2D eigenvalue weighted by Crippen LogP contribution is 2.38. The zero-order valence-electron chi connectivity index (χ0n) is 16.5. The summed E-state index contributed by atoms with van der Waals surface area (Å²) in [4.78, 5) is 29.3. The predicted molar refractivity (Wildman–Crippen MR) is 113 cm³/mol. The maximum absolute atomic E-state index is 15.4. The molecule has 3 heterocycles. The molecule has 4 rings (SSSR count). The fourth-order valence-electron chi connectivity index (χ4n) is 4.09. The molecule has 1 fully saturated rings. The molecular formula is C21H22ClFN2O4S. The van der Waals surface area contributed by atoms with Gasteiger partial charge in [-0.1, -0.05) is 11.6 Å². The first-order chi connectivity index (χ1) is 14.3. The van der Waals surface area contributed by atoms with Crippen molar-refractivity contribution in [2.75, 3.05) is 38.3 Å². The van der Waals surface area contributed by atoms with Crippen LogP contribution in [0.4, 0.5) is 10.1 Å². The Hall–Kier alpha value is -2.00. The van der Waals surface area contributed by atoms with Crippen LogP contribution in [0.2, 0.25) is 4.34 Å². The van der Waals surface area contributed by atoms with Crippen LogP contribution in [-0.4, -0.2) is 60.8 Å². The maximum Gasteiger partial charge on any atom is 0.332 e. The number of hydrogen-bond acceptors (Lipinski definition) is 5. The molecule has 1 aromatic carbocycles. The van der Waals surface area contributed by atoms with Crippen LogP contribution in [0.1, 0.15) is 27.2 Å². The van der Waals surface area contributed by atoms with E-state index in [4.69, 9.17) is 16.3 Å². The average Bonchev–Trinajstić information content (AvgIpc) is 3.33. The SMILES string of the molecule is CN1CCc2cc(F)c(N(C(=O)c3ccc(Cl)s3)[C@]3(C(=O)O)CCOC3)cc2CC1. The van der Waals surface area contributed by atoms with Crippen LogP contribution >= 0.6 is 22.9 Å². The molecule has 1 amide bonds. The summed E-state index contributed by atoms with van der Waals surface area (Å²) in [5.74, 6) is -2.42. The van der Waals surface area contributed by atoms with Crippen molar-refractivity contribution in [1.29, 1.82) is 0 Å². The standard InChI is InChI=1S/C21H22ClFN2O4S/c1-24-7-4-13-10-15(23)16(11-14(13)5-8-24)25(19(26)17-2-3-18(22)30-17)21(20(27)28)6-9-29-12-21/h2-3,10-11H,4-9,12H2,1H3,(H,27,28)/t21-/m1/s1. The van der Waals surface area contributed by atoms with Gasteiger partial charge in [0.05, 0.1) is 21.5 Å². The monoisotopic (exact) mass is 452 g/mol. The predicted octanol–water partition coefficient (Wildman–Crippen LogP) is 3.46. The molecule has 0 aliphatic carbocycles. The Morgan fingerprint density at radius 1 is 1.27 bits per heavy atom. The normalized spacial score (nSPS) is 21.8. The number of hydrogen-bond donors (Lipinski definition) is 1. The van der Waals surface area contributed by atoms with E-state index in [-0.39, 0.29) is 30.2 Å². The van der Waals surface area contributed by atoms with E-state index in [2.05, 4.69) is 4.90 Å². The number of amides is 1. The van der Waals surface area contributed by atoms with Crippen molar-refractivity contribution in [2.24, 2.45) is 0 Å². The van der Waals surface area contributed by atoms with Crippen LogP contribution in [0, 0.1) is 5.82 Å². The molecule has 2 aromatic rings. The van der Waals surface area contributed by atoms with E-state index < -0.39 is 23.2 Å². The van der Waals surface area contributed by atoms with Gasteiger partial charge in [-0.15, -0.1) is 11.3 Å². The number of carbonyl (C=O) groups is 2. The highest BCUT2D eigenvalue weighted by molar-refractivity contribution is 7.18. The van der Waals surface area contributed by atoms with E-state index in [1.165, 1.54) is 12.1 Å². The molecule has 1 saturated heterocycles. The molecule has 2 aliphatic heterocycles. The summed E-state index contributed by atoms with van der Waals surface area (Å²) >= 11 is 7.04. The summed E-state index contributed by atoms with van der Waals surface area (Å²) < 4.78 is 21.1. The molecule has 6 nitrogen and oxygen atoms in total. The second kappa shape index (κ2) is 8.26. The zero-order chi connectivity index (χ0) is 21.5. The van der Waals surface area contributed by atoms with E-state index >= 15 is 4.39 Å². The maximum atomic E-state index is 15.4. The molecule has 160 valence electrons. The lowest BCUT2D eigenvalue weighted by molar-refractivity contribution is -0.143. The van der Waals surface area contributed by atoms with E-state index in [1.807, 2.05) is 7.05 Å². The van der Waals surface area contributed by atoms with Gasteiger partial charge in [0.25, 0.3) is 5.91 Å². The third kappa shape index (κ3) is 3.73. The number of rotatable bonds is 4. The average molecular weight is 453 g/mol. The van der Waals surface area contributed by atoms with Gasteiger partial charge in [-0.05, 0) is 55.3 Å². The lowest BCUT2D eigenvalue weighted by Crippen LogP contribution is -2.58.